The molecule has 1 aromatic heterocycles. The van der Waals surface area contributed by atoms with E-state index in [2.05, 4.69) is 58.2 Å². The van der Waals surface area contributed by atoms with Crippen LogP contribution in [-0.4, -0.2) is 29.8 Å². The van der Waals surface area contributed by atoms with Gasteiger partial charge in [-0.1, -0.05) is 74.0 Å². The summed E-state index contributed by atoms with van der Waals surface area (Å²) in [4.78, 5) is 17.3. The van der Waals surface area contributed by atoms with Gasteiger partial charge >= 0.3 is 6.03 Å². The highest BCUT2D eigenvalue weighted by Gasteiger charge is 2.20. The van der Waals surface area contributed by atoms with Crippen LogP contribution in [0.3, 0.4) is 0 Å². The van der Waals surface area contributed by atoms with Crippen LogP contribution in [0.15, 0.2) is 72.8 Å². The number of nitrogens with one attached hydrogen (secondary N) is 1. The number of aromatic nitrogens is 2. The molecule has 3 aromatic carbocycles. The van der Waals surface area contributed by atoms with E-state index < -0.39 is 16.1 Å². The minimum absolute atomic E-state index is 0.0759. The van der Waals surface area contributed by atoms with Crippen molar-refractivity contribution < 1.29 is 13.2 Å². The SMILES string of the molecule is CCCCS(=O)(=O)NC(=O)n1c(C)nc2ccc(Cc3ccc(CCc4ccccc4)cc3)cc21. The normalized spacial score (nSPS) is 11.6. The Balaban J connectivity index is 1.48. The second-order valence-corrected chi connectivity index (χ2v) is 10.7. The second kappa shape index (κ2) is 10.9. The van der Waals surface area contributed by atoms with Gasteiger partial charge in [0.1, 0.15) is 5.82 Å². The molecular formula is C28H31N3O3S. The number of unbranched alkanes of at least 4 members (excludes halogenated alkanes) is 1. The summed E-state index contributed by atoms with van der Waals surface area (Å²) in [5.41, 5.74) is 6.08. The molecule has 1 heterocycles. The number of fused-ring (bicyclic) bond motifs is 1. The average molecular weight is 490 g/mol. The molecule has 4 aromatic rings. The highest BCUT2D eigenvalue weighted by molar-refractivity contribution is 7.90. The highest BCUT2D eigenvalue weighted by Crippen LogP contribution is 2.20. The predicted octanol–water partition coefficient (Wildman–Crippen LogP) is 5.41. The zero-order chi connectivity index (χ0) is 24.8. The standard InChI is InChI=1S/C28H31N3O3S/c1-3-4-18-35(33,34)30-28(32)31-21(2)29-26-17-16-25(20-27(26)31)19-24-14-12-23(13-15-24)11-10-22-8-6-5-7-9-22/h5-9,12-17,20H,3-4,10-11,18-19H2,1-2H3,(H,30,32). The van der Waals surface area contributed by atoms with E-state index in [0.29, 0.717) is 29.7 Å². The Labute approximate surface area is 207 Å². The summed E-state index contributed by atoms with van der Waals surface area (Å²) < 4.78 is 28.0. The van der Waals surface area contributed by atoms with E-state index in [1.54, 1.807) is 6.92 Å². The maximum atomic E-state index is 12.8. The number of aryl methyl sites for hydroxylation is 3. The van der Waals surface area contributed by atoms with Crippen molar-refractivity contribution in [3.63, 3.8) is 0 Å². The molecule has 7 heteroatoms. The third kappa shape index (κ3) is 6.36. The average Bonchev–Trinajstić information content (AvgIpc) is 3.18. The third-order valence-electron chi connectivity index (χ3n) is 6.08. The van der Waals surface area contributed by atoms with Gasteiger partial charge in [0, 0.05) is 0 Å². The largest absolute Gasteiger partial charge is 0.341 e. The molecule has 0 fully saturated rings. The van der Waals surface area contributed by atoms with Gasteiger partial charge in [-0.05, 0) is 67.0 Å². The van der Waals surface area contributed by atoms with Crippen molar-refractivity contribution in [3.05, 3.63) is 101 Å². The second-order valence-electron chi connectivity index (χ2n) is 8.88. The molecule has 0 atom stereocenters. The van der Waals surface area contributed by atoms with Crippen LogP contribution in [0.4, 0.5) is 4.79 Å². The molecule has 0 bridgehead atoms. The maximum Gasteiger partial charge on any atom is 0.341 e. The molecule has 0 aliphatic rings. The molecule has 0 aliphatic carbocycles. The highest BCUT2D eigenvalue weighted by atomic mass is 32.2. The summed E-state index contributed by atoms with van der Waals surface area (Å²) in [5.74, 6) is 0.371. The molecule has 0 unspecified atom stereocenters. The molecule has 182 valence electrons. The first-order valence-electron chi connectivity index (χ1n) is 12.0. The molecular weight excluding hydrogens is 458 g/mol. The van der Waals surface area contributed by atoms with E-state index in [1.165, 1.54) is 21.3 Å². The summed E-state index contributed by atoms with van der Waals surface area (Å²) in [6.07, 6.45) is 3.94. The number of hydrogen-bond donors (Lipinski definition) is 1. The fourth-order valence-corrected chi connectivity index (χ4v) is 5.29. The van der Waals surface area contributed by atoms with Crippen LogP contribution < -0.4 is 4.72 Å². The molecule has 6 nitrogen and oxygen atoms in total. The van der Waals surface area contributed by atoms with Gasteiger partial charge in [0.25, 0.3) is 0 Å². The Kier molecular flexibility index (Phi) is 7.66. The maximum absolute atomic E-state index is 12.8. The third-order valence-corrected chi connectivity index (χ3v) is 7.39. The molecule has 35 heavy (non-hydrogen) atoms. The lowest BCUT2D eigenvalue weighted by Crippen LogP contribution is -2.36. The minimum Gasteiger partial charge on any atom is -0.247 e. The molecule has 0 radical (unpaired) electrons. The van der Waals surface area contributed by atoms with Crippen LogP contribution in [0.25, 0.3) is 11.0 Å². The summed E-state index contributed by atoms with van der Waals surface area (Å²) in [6.45, 7) is 3.61. The molecule has 4 rings (SSSR count). The first-order chi connectivity index (χ1) is 16.8. The number of hydrogen-bond acceptors (Lipinski definition) is 4. The van der Waals surface area contributed by atoms with Gasteiger partial charge in [0.15, 0.2) is 0 Å². The first-order valence-corrected chi connectivity index (χ1v) is 13.6. The summed E-state index contributed by atoms with van der Waals surface area (Å²) >= 11 is 0. The first kappa shape index (κ1) is 24.7. The topological polar surface area (TPSA) is 81.1 Å². The molecule has 1 N–H and O–H groups in total. The van der Waals surface area contributed by atoms with Gasteiger partial charge in [0.2, 0.25) is 10.0 Å². The van der Waals surface area contributed by atoms with Crippen LogP contribution >= 0.6 is 0 Å². The lowest BCUT2D eigenvalue weighted by Gasteiger charge is -2.10. The Morgan fingerprint density at radius 1 is 0.886 bits per heavy atom. The van der Waals surface area contributed by atoms with Crippen LogP contribution in [0.5, 0.6) is 0 Å². The zero-order valence-electron chi connectivity index (χ0n) is 20.2. The van der Waals surface area contributed by atoms with Crippen LogP contribution in [-0.2, 0) is 29.3 Å². The van der Waals surface area contributed by atoms with Crippen molar-refractivity contribution in [2.45, 2.75) is 46.0 Å². The molecule has 0 spiro atoms. The van der Waals surface area contributed by atoms with E-state index in [9.17, 15) is 13.2 Å². The quantitative estimate of drug-likeness (QED) is 0.341. The van der Waals surface area contributed by atoms with E-state index >= 15 is 0 Å². The number of nitrogens with zero attached hydrogens (tertiary/aromatic N) is 2. The monoisotopic (exact) mass is 489 g/mol. The molecule has 0 saturated heterocycles. The van der Waals surface area contributed by atoms with Crippen molar-refractivity contribution in [1.82, 2.24) is 14.3 Å². The molecule has 0 aliphatic heterocycles. The van der Waals surface area contributed by atoms with E-state index in [4.69, 9.17) is 0 Å². The van der Waals surface area contributed by atoms with E-state index in [1.807, 2.05) is 31.2 Å². The Bertz CT molecular complexity index is 1410. The van der Waals surface area contributed by atoms with Gasteiger partial charge in [0.05, 0.1) is 16.8 Å². The number of benzene rings is 3. The van der Waals surface area contributed by atoms with Gasteiger partial charge in [-0.25, -0.2) is 27.5 Å². The fraction of sp³-hybridized carbons (Fsp3) is 0.286. The van der Waals surface area contributed by atoms with E-state index in [0.717, 1.165) is 24.8 Å². The number of carbonyl (C=O) groups is 1. The predicted molar refractivity (Wildman–Crippen MR) is 140 cm³/mol. The molecule has 0 saturated carbocycles. The van der Waals surface area contributed by atoms with Crippen LogP contribution in [0.2, 0.25) is 0 Å². The van der Waals surface area contributed by atoms with Crippen molar-refractivity contribution in [2.75, 3.05) is 5.75 Å². The number of carbonyl (C=O) groups excluding carboxylic acids is 1. The minimum atomic E-state index is -3.69. The number of amides is 1. The summed E-state index contributed by atoms with van der Waals surface area (Å²) in [6, 6.07) is 24.2. The lowest BCUT2D eigenvalue weighted by molar-refractivity contribution is 0.247. The Hall–Kier alpha value is -3.45. The number of sulfonamides is 1. The Morgan fingerprint density at radius 3 is 2.20 bits per heavy atom. The van der Waals surface area contributed by atoms with Crippen molar-refractivity contribution >= 4 is 27.1 Å². The summed E-state index contributed by atoms with van der Waals surface area (Å²) in [7, 11) is -3.69. The van der Waals surface area contributed by atoms with Crippen molar-refractivity contribution in [3.8, 4) is 0 Å². The lowest BCUT2D eigenvalue weighted by atomic mass is 10.00. The van der Waals surface area contributed by atoms with Gasteiger partial charge in [-0.15, -0.1) is 0 Å². The molecule has 1 amide bonds. The van der Waals surface area contributed by atoms with Gasteiger partial charge in [-0.3, -0.25) is 0 Å². The van der Waals surface area contributed by atoms with Crippen molar-refractivity contribution in [2.24, 2.45) is 0 Å². The zero-order valence-corrected chi connectivity index (χ0v) is 21.0. The Morgan fingerprint density at radius 2 is 1.51 bits per heavy atom. The van der Waals surface area contributed by atoms with Gasteiger partial charge in [-0.2, -0.15) is 0 Å². The van der Waals surface area contributed by atoms with Crippen molar-refractivity contribution in [1.29, 1.82) is 0 Å². The van der Waals surface area contributed by atoms with E-state index in [-0.39, 0.29) is 5.75 Å². The van der Waals surface area contributed by atoms with Gasteiger partial charge < -0.3 is 0 Å². The smallest absolute Gasteiger partial charge is 0.247 e. The van der Waals surface area contributed by atoms with Crippen LogP contribution in [0.1, 0.15) is 47.8 Å². The number of imidazole rings is 1. The fourth-order valence-electron chi connectivity index (χ4n) is 4.16. The number of rotatable bonds is 9. The van der Waals surface area contributed by atoms with Crippen LogP contribution in [0, 0.1) is 6.92 Å². The summed E-state index contributed by atoms with van der Waals surface area (Å²) in [5, 5.41) is 0.